The molecule has 40 heavy (non-hydrogen) atoms. The predicted molar refractivity (Wildman–Crippen MR) is 158 cm³/mol. The Bertz CT molecular complexity index is 1630. The molecular weight excluding hydrogens is 542 g/mol. The van der Waals surface area contributed by atoms with Crippen LogP contribution in [-0.4, -0.2) is 38.7 Å². The van der Waals surface area contributed by atoms with Crippen LogP contribution < -0.4 is 5.32 Å². The van der Waals surface area contributed by atoms with Gasteiger partial charge in [-0.3, -0.25) is 4.79 Å². The largest absolute Gasteiger partial charge is 0.462 e. The first-order valence-corrected chi connectivity index (χ1v) is 14.4. The topological polar surface area (TPSA) is 99.0 Å². The van der Waals surface area contributed by atoms with Crippen LogP contribution in [0.1, 0.15) is 39.2 Å². The molecule has 0 aliphatic rings. The van der Waals surface area contributed by atoms with E-state index in [2.05, 4.69) is 26.9 Å². The summed E-state index contributed by atoms with van der Waals surface area (Å²) in [7, 11) is 0. The van der Waals surface area contributed by atoms with Gasteiger partial charge in [0.1, 0.15) is 15.8 Å². The molecule has 0 fully saturated rings. The summed E-state index contributed by atoms with van der Waals surface area (Å²) in [5.74, 6) is -0.793. The molecule has 0 saturated heterocycles. The number of nitrogens with zero attached hydrogens (tertiary/aromatic N) is 4. The number of tetrazole rings is 1. The van der Waals surface area contributed by atoms with E-state index in [1.807, 2.05) is 92.0 Å². The van der Waals surface area contributed by atoms with Crippen LogP contribution in [0.2, 0.25) is 0 Å². The first kappa shape index (κ1) is 27.3. The number of ether oxygens (including phenoxy) is 1. The smallest absolute Gasteiger partial charge is 0.341 e. The van der Waals surface area contributed by atoms with Gasteiger partial charge in [0.15, 0.2) is 0 Å². The molecular formula is C30H27N5O3S2. The van der Waals surface area contributed by atoms with Crippen molar-refractivity contribution in [3.05, 3.63) is 106 Å². The second-order valence-corrected chi connectivity index (χ2v) is 11.0. The van der Waals surface area contributed by atoms with E-state index in [-0.39, 0.29) is 12.5 Å². The van der Waals surface area contributed by atoms with Gasteiger partial charge in [-0.15, -0.1) is 16.4 Å². The fourth-order valence-electron chi connectivity index (χ4n) is 4.32. The Kier molecular flexibility index (Phi) is 8.37. The Morgan fingerprint density at radius 3 is 2.45 bits per heavy atom. The minimum absolute atomic E-state index is 0.222. The molecule has 5 rings (SSSR count). The number of carbonyl (C=O) groups is 2. The van der Waals surface area contributed by atoms with E-state index in [0.29, 0.717) is 21.3 Å². The molecule has 0 saturated carbocycles. The number of hydrogen-bond acceptors (Lipinski definition) is 8. The van der Waals surface area contributed by atoms with Crippen LogP contribution in [0.4, 0.5) is 5.00 Å². The number of anilines is 1. The Morgan fingerprint density at radius 1 is 1.02 bits per heavy atom. The van der Waals surface area contributed by atoms with Gasteiger partial charge >= 0.3 is 5.97 Å². The summed E-state index contributed by atoms with van der Waals surface area (Å²) < 4.78 is 7.01. The molecule has 0 radical (unpaired) electrons. The molecule has 0 aliphatic heterocycles. The fourth-order valence-corrected chi connectivity index (χ4v) is 6.26. The quantitative estimate of drug-likeness (QED) is 0.157. The third kappa shape index (κ3) is 5.83. The fraction of sp³-hybridized carbons (Fsp3) is 0.167. The van der Waals surface area contributed by atoms with Gasteiger partial charge in [-0.25, -0.2) is 4.79 Å². The number of nitrogens with one attached hydrogen (secondary N) is 1. The van der Waals surface area contributed by atoms with Crippen molar-refractivity contribution in [1.82, 2.24) is 20.2 Å². The highest BCUT2D eigenvalue weighted by molar-refractivity contribution is 8.00. The van der Waals surface area contributed by atoms with Crippen molar-refractivity contribution in [3.8, 4) is 16.8 Å². The van der Waals surface area contributed by atoms with Crippen LogP contribution in [0.25, 0.3) is 16.8 Å². The summed E-state index contributed by atoms with van der Waals surface area (Å²) in [6.45, 7) is 6.00. The number of rotatable bonds is 9. The Hall–Kier alpha value is -4.28. The van der Waals surface area contributed by atoms with E-state index < -0.39 is 11.2 Å². The van der Waals surface area contributed by atoms with Gasteiger partial charge in [0.05, 0.1) is 12.3 Å². The van der Waals surface area contributed by atoms with Crippen molar-refractivity contribution in [2.24, 2.45) is 0 Å². The highest BCUT2D eigenvalue weighted by Gasteiger charge is 2.29. The lowest BCUT2D eigenvalue weighted by Crippen LogP contribution is -2.20. The van der Waals surface area contributed by atoms with Crippen LogP contribution in [0.15, 0.2) is 89.4 Å². The molecule has 8 nitrogen and oxygen atoms in total. The molecule has 0 spiro atoms. The summed E-state index contributed by atoms with van der Waals surface area (Å²) in [6, 6.07) is 25.0. The minimum atomic E-state index is -0.700. The average molecular weight is 570 g/mol. The number of aromatic nitrogens is 4. The second kappa shape index (κ2) is 12.3. The molecule has 10 heteroatoms. The summed E-state index contributed by atoms with van der Waals surface area (Å²) in [5, 5.41) is 17.4. The zero-order valence-corrected chi connectivity index (χ0v) is 23.8. The zero-order valence-electron chi connectivity index (χ0n) is 22.2. The lowest BCUT2D eigenvalue weighted by Gasteiger charge is -2.17. The van der Waals surface area contributed by atoms with Gasteiger partial charge in [0.2, 0.25) is 11.1 Å². The van der Waals surface area contributed by atoms with Crippen LogP contribution in [0.3, 0.4) is 0 Å². The maximum Gasteiger partial charge on any atom is 0.341 e. The van der Waals surface area contributed by atoms with Gasteiger partial charge in [0, 0.05) is 10.9 Å². The van der Waals surface area contributed by atoms with Gasteiger partial charge < -0.3 is 10.1 Å². The van der Waals surface area contributed by atoms with Gasteiger partial charge in [-0.2, -0.15) is 4.68 Å². The monoisotopic (exact) mass is 569 g/mol. The Morgan fingerprint density at radius 2 is 1.75 bits per heavy atom. The first-order chi connectivity index (χ1) is 19.5. The van der Waals surface area contributed by atoms with E-state index in [0.717, 1.165) is 27.9 Å². The van der Waals surface area contributed by atoms with Crippen molar-refractivity contribution >= 4 is 40.0 Å². The number of thioether (sulfide) groups is 1. The molecule has 1 amide bonds. The Labute approximate surface area is 240 Å². The van der Waals surface area contributed by atoms with Crippen LogP contribution in [0.5, 0.6) is 0 Å². The van der Waals surface area contributed by atoms with Crippen molar-refractivity contribution in [3.63, 3.8) is 0 Å². The molecule has 5 aromatic rings. The van der Waals surface area contributed by atoms with E-state index in [1.165, 1.54) is 23.1 Å². The van der Waals surface area contributed by atoms with E-state index in [1.54, 1.807) is 11.6 Å². The van der Waals surface area contributed by atoms with Crippen LogP contribution in [-0.2, 0) is 9.53 Å². The number of thiophene rings is 1. The summed E-state index contributed by atoms with van der Waals surface area (Å²) in [6.07, 6.45) is 0. The number of carbonyl (C=O) groups excluding carboxylic acids is 2. The number of benzene rings is 3. The molecule has 1 N–H and O–H groups in total. The normalized spacial score (nSPS) is 11.7. The van der Waals surface area contributed by atoms with Crippen molar-refractivity contribution in [2.45, 2.75) is 31.2 Å². The minimum Gasteiger partial charge on any atom is -0.462 e. The Balaban J connectivity index is 1.50. The number of hydrogen-bond donors (Lipinski definition) is 1. The maximum absolute atomic E-state index is 13.9. The number of aryl methyl sites for hydroxylation is 2. The summed E-state index contributed by atoms with van der Waals surface area (Å²) >= 11 is 2.53. The number of esters is 1. The SMILES string of the molecule is CCOC(=O)c1c(-c2ccccc2)csc1NC(=O)[C@@H](Sc1nnnn1-c1ccc(C)cc1C)c1ccccc1. The molecule has 2 heterocycles. The third-order valence-electron chi connectivity index (χ3n) is 6.18. The van der Waals surface area contributed by atoms with E-state index >= 15 is 0 Å². The van der Waals surface area contributed by atoms with Crippen LogP contribution in [0, 0.1) is 13.8 Å². The van der Waals surface area contributed by atoms with Crippen molar-refractivity contribution in [1.29, 1.82) is 0 Å². The molecule has 202 valence electrons. The van der Waals surface area contributed by atoms with Crippen molar-refractivity contribution < 1.29 is 14.3 Å². The summed E-state index contributed by atoms with van der Waals surface area (Å²) in [5.41, 5.74) is 5.67. The van der Waals surface area contributed by atoms with Crippen LogP contribution >= 0.6 is 23.1 Å². The third-order valence-corrected chi connectivity index (χ3v) is 8.26. The average Bonchev–Trinajstić information content (AvgIpc) is 3.60. The van der Waals surface area contributed by atoms with E-state index in [9.17, 15) is 9.59 Å². The molecule has 0 bridgehead atoms. The van der Waals surface area contributed by atoms with Crippen molar-refractivity contribution in [2.75, 3.05) is 11.9 Å². The zero-order chi connectivity index (χ0) is 28.1. The first-order valence-electron chi connectivity index (χ1n) is 12.7. The molecule has 0 aliphatic carbocycles. The van der Waals surface area contributed by atoms with Gasteiger partial charge in [0.25, 0.3) is 0 Å². The number of amides is 1. The lowest BCUT2D eigenvalue weighted by molar-refractivity contribution is -0.115. The highest BCUT2D eigenvalue weighted by Crippen LogP contribution is 2.40. The molecule has 1 atom stereocenters. The highest BCUT2D eigenvalue weighted by atomic mass is 32.2. The second-order valence-electron chi connectivity index (χ2n) is 9.00. The molecule has 0 unspecified atom stereocenters. The van der Waals surface area contributed by atoms with Gasteiger partial charge in [-0.05, 0) is 54.0 Å². The lowest BCUT2D eigenvalue weighted by atomic mass is 10.0. The molecule has 3 aromatic carbocycles. The van der Waals surface area contributed by atoms with E-state index in [4.69, 9.17) is 4.74 Å². The molecule has 2 aromatic heterocycles. The standard InChI is InChI=1S/C30H27N5O3S2/c1-4-38-29(37)25-23(21-11-7-5-8-12-21)18-39-28(25)31-27(36)26(22-13-9-6-10-14-22)40-30-32-33-34-35(30)24-16-15-19(2)17-20(24)3/h5-18,26H,4H2,1-3H3,(H,31,36)/t26-/m0/s1. The van der Waals surface area contributed by atoms with Gasteiger partial charge in [-0.1, -0.05) is 90.1 Å². The summed E-state index contributed by atoms with van der Waals surface area (Å²) in [4.78, 5) is 27.0. The maximum atomic E-state index is 13.9. The predicted octanol–water partition coefficient (Wildman–Crippen LogP) is 6.66.